The number of carbonyl (C=O) groups excluding carboxylic acids is 2. The number of amides is 1. The lowest BCUT2D eigenvalue weighted by Crippen LogP contribution is -2.21. The summed E-state index contributed by atoms with van der Waals surface area (Å²) in [6.45, 7) is 5.47. The van der Waals surface area contributed by atoms with Gasteiger partial charge in [0.25, 0.3) is 5.91 Å². The summed E-state index contributed by atoms with van der Waals surface area (Å²) >= 11 is 0. The summed E-state index contributed by atoms with van der Waals surface area (Å²) in [6.07, 6.45) is 0.265. The van der Waals surface area contributed by atoms with Gasteiger partial charge in [0.05, 0.1) is 5.56 Å². The Hall–Kier alpha value is -2.69. The molecule has 0 unspecified atom stereocenters. The number of anilines is 1. The molecule has 2 aromatic carbocycles. The summed E-state index contributed by atoms with van der Waals surface area (Å²) in [5.74, 6) is -0.787. The molecule has 4 nitrogen and oxygen atoms in total. The van der Waals surface area contributed by atoms with Crippen LogP contribution in [0.5, 0.6) is 5.75 Å². The van der Waals surface area contributed by atoms with Gasteiger partial charge in [0.1, 0.15) is 11.6 Å². The molecule has 0 heterocycles. The fourth-order valence-corrected chi connectivity index (χ4v) is 3.33. The summed E-state index contributed by atoms with van der Waals surface area (Å²) in [6, 6.07) is 8.44. The molecule has 2 aromatic rings. The Kier molecular flexibility index (Phi) is 4.57. The van der Waals surface area contributed by atoms with Gasteiger partial charge in [0, 0.05) is 17.7 Å². The summed E-state index contributed by atoms with van der Waals surface area (Å²) in [4.78, 5) is 24.2. The fraction of sp³-hybridized carbons (Fsp3) is 0.300. The van der Waals surface area contributed by atoms with Crippen molar-refractivity contribution in [3.63, 3.8) is 0 Å². The van der Waals surface area contributed by atoms with E-state index in [1.165, 1.54) is 12.1 Å². The quantitative estimate of drug-likeness (QED) is 0.909. The Morgan fingerprint density at radius 1 is 1.24 bits per heavy atom. The number of aryl methyl sites for hydroxylation is 2. The molecule has 130 valence electrons. The maximum Gasteiger partial charge on any atom is 0.262 e. The lowest BCUT2D eigenvalue weighted by atomic mass is 10.0. The third kappa shape index (κ3) is 3.55. The highest BCUT2D eigenvalue weighted by atomic mass is 19.1. The first kappa shape index (κ1) is 17.1. The van der Waals surface area contributed by atoms with Gasteiger partial charge in [-0.2, -0.15) is 0 Å². The summed E-state index contributed by atoms with van der Waals surface area (Å²) in [7, 11) is 0. The van der Waals surface area contributed by atoms with E-state index < -0.39 is 5.82 Å². The van der Waals surface area contributed by atoms with Crippen LogP contribution in [-0.4, -0.2) is 18.3 Å². The van der Waals surface area contributed by atoms with Crippen molar-refractivity contribution >= 4 is 17.4 Å². The van der Waals surface area contributed by atoms with Gasteiger partial charge in [-0.3, -0.25) is 9.59 Å². The second kappa shape index (κ2) is 6.67. The molecule has 5 heteroatoms. The Balaban J connectivity index is 1.72. The number of Topliss-reactive ketones (excluding diaryl/α,β-unsaturated/α-hetero) is 1. The number of ketones is 1. The molecule has 0 saturated carbocycles. The van der Waals surface area contributed by atoms with Crippen molar-refractivity contribution in [2.24, 2.45) is 0 Å². The maximum atomic E-state index is 14.0. The Morgan fingerprint density at radius 2 is 1.92 bits per heavy atom. The molecule has 3 rings (SSSR count). The van der Waals surface area contributed by atoms with Crippen molar-refractivity contribution in [2.75, 3.05) is 11.9 Å². The summed E-state index contributed by atoms with van der Waals surface area (Å²) in [5, 5.41) is 2.77. The smallest absolute Gasteiger partial charge is 0.262 e. The number of halogens is 1. The first-order valence-electron chi connectivity index (χ1n) is 8.21. The van der Waals surface area contributed by atoms with E-state index in [1.54, 1.807) is 0 Å². The predicted molar refractivity (Wildman–Crippen MR) is 93.8 cm³/mol. The van der Waals surface area contributed by atoms with Gasteiger partial charge in [-0.1, -0.05) is 13.0 Å². The van der Waals surface area contributed by atoms with Gasteiger partial charge >= 0.3 is 0 Å². The van der Waals surface area contributed by atoms with E-state index in [-0.39, 0.29) is 41.9 Å². The van der Waals surface area contributed by atoms with Crippen molar-refractivity contribution in [1.29, 1.82) is 0 Å². The average molecular weight is 341 g/mol. The van der Waals surface area contributed by atoms with Crippen molar-refractivity contribution in [3.05, 3.63) is 58.4 Å². The zero-order valence-corrected chi connectivity index (χ0v) is 14.5. The minimum atomic E-state index is -0.402. The first-order chi connectivity index (χ1) is 11.8. The van der Waals surface area contributed by atoms with E-state index in [0.717, 1.165) is 11.1 Å². The molecule has 0 saturated heterocycles. The molecule has 1 N–H and O–H groups in total. The highest BCUT2D eigenvalue weighted by molar-refractivity contribution is 6.04. The van der Waals surface area contributed by atoms with Crippen LogP contribution in [0.1, 0.15) is 46.3 Å². The van der Waals surface area contributed by atoms with Crippen LogP contribution in [0, 0.1) is 19.7 Å². The number of ether oxygens (including phenoxy) is 1. The minimum Gasteiger partial charge on any atom is -0.483 e. The van der Waals surface area contributed by atoms with Crippen molar-refractivity contribution in [3.8, 4) is 5.75 Å². The Labute approximate surface area is 146 Å². The molecule has 1 amide bonds. The van der Waals surface area contributed by atoms with E-state index in [1.807, 2.05) is 39.0 Å². The SMILES string of the molecule is Cc1cc(C)cc(NC(=O)COc2ccc(F)c3c2C(=O)C[C@@H]3C)c1. The van der Waals surface area contributed by atoms with Gasteiger partial charge in [0.15, 0.2) is 12.4 Å². The molecule has 0 spiro atoms. The second-order valence-corrected chi connectivity index (χ2v) is 6.58. The number of fused-ring (bicyclic) bond motifs is 1. The van der Waals surface area contributed by atoms with Gasteiger partial charge in [-0.25, -0.2) is 4.39 Å². The number of hydrogen-bond donors (Lipinski definition) is 1. The maximum absolute atomic E-state index is 14.0. The number of hydrogen-bond acceptors (Lipinski definition) is 3. The van der Waals surface area contributed by atoms with Crippen molar-refractivity contribution in [2.45, 2.75) is 33.1 Å². The van der Waals surface area contributed by atoms with Crippen molar-refractivity contribution in [1.82, 2.24) is 0 Å². The van der Waals surface area contributed by atoms with Crippen LogP contribution in [-0.2, 0) is 4.79 Å². The normalized spacial score (nSPS) is 15.8. The minimum absolute atomic E-state index is 0.147. The van der Waals surface area contributed by atoms with Crippen LogP contribution in [0.15, 0.2) is 30.3 Å². The number of benzene rings is 2. The Bertz CT molecular complexity index is 840. The van der Waals surface area contributed by atoms with Crippen molar-refractivity contribution < 1.29 is 18.7 Å². The molecule has 25 heavy (non-hydrogen) atoms. The monoisotopic (exact) mass is 341 g/mol. The summed E-state index contributed by atoms with van der Waals surface area (Å²) < 4.78 is 19.5. The van der Waals surface area contributed by atoms with E-state index in [4.69, 9.17) is 4.74 Å². The lowest BCUT2D eigenvalue weighted by Gasteiger charge is -2.12. The van der Waals surface area contributed by atoms with Crippen LogP contribution in [0.25, 0.3) is 0 Å². The van der Waals surface area contributed by atoms with Crippen LogP contribution in [0.3, 0.4) is 0 Å². The molecular formula is C20H20FNO3. The molecule has 0 fully saturated rings. The molecule has 0 aromatic heterocycles. The van der Waals surface area contributed by atoms with Crippen LogP contribution < -0.4 is 10.1 Å². The predicted octanol–water partition coefficient (Wildman–Crippen LogP) is 4.15. The van der Waals surface area contributed by atoms with E-state index in [2.05, 4.69) is 5.32 Å². The average Bonchev–Trinajstić information content (AvgIpc) is 2.81. The molecule has 0 radical (unpaired) electrons. The molecule has 1 aliphatic rings. The number of nitrogens with one attached hydrogen (secondary N) is 1. The van der Waals surface area contributed by atoms with Gasteiger partial charge in [-0.15, -0.1) is 0 Å². The molecular weight excluding hydrogens is 321 g/mol. The zero-order valence-electron chi connectivity index (χ0n) is 14.5. The van der Waals surface area contributed by atoms with Crippen LogP contribution in [0.4, 0.5) is 10.1 Å². The van der Waals surface area contributed by atoms with Gasteiger partial charge < -0.3 is 10.1 Å². The standard InChI is InChI=1S/C20H20FNO3/c1-11-6-12(2)8-14(7-11)22-18(24)10-25-17-5-4-15(21)19-13(3)9-16(23)20(17)19/h4-8,13H,9-10H2,1-3H3,(H,22,24)/t13-/m0/s1. The van der Waals surface area contributed by atoms with E-state index in [0.29, 0.717) is 11.3 Å². The molecule has 1 atom stereocenters. The molecule has 0 bridgehead atoms. The zero-order chi connectivity index (χ0) is 18.1. The number of carbonyl (C=O) groups is 2. The van der Waals surface area contributed by atoms with Gasteiger partial charge in [-0.05, 0) is 55.2 Å². The third-order valence-corrected chi connectivity index (χ3v) is 4.28. The second-order valence-electron chi connectivity index (χ2n) is 6.58. The third-order valence-electron chi connectivity index (χ3n) is 4.28. The molecule has 0 aliphatic heterocycles. The Morgan fingerprint density at radius 3 is 2.60 bits per heavy atom. The fourth-order valence-electron chi connectivity index (χ4n) is 3.33. The van der Waals surface area contributed by atoms with Crippen LogP contribution in [0.2, 0.25) is 0 Å². The number of rotatable bonds is 4. The topological polar surface area (TPSA) is 55.4 Å². The summed E-state index contributed by atoms with van der Waals surface area (Å²) in [5.41, 5.74) is 3.45. The lowest BCUT2D eigenvalue weighted by molar-refractivity contribution is -0.118. The van der Waals surface area contributed by atoms with E-state index in [9.17, 15) is 14.0 Å². The van der Waals surface area contributed by atoms with Crippen LogP contribution >= 0.6 is 0 Å². The largest absolute Gasteiger partial charge is 0.483 e. The van der Waals surface area contributed by atoms with Gasteiger partial charge in [0.2, 0.25) is 0 Å². The first-order valence-corrected chi connectivity index (χ1v) is 8.21. The van der Waals surface area contributed by atoms with E-state index >= 15 is 0 Å². The highest BCUT2D eigenvalue weighted by Gasteiger charge is 2.32. The highest BCUT2D eigenvalue weighted by Crippen LogP contribution is 2.39. The molecule has 1 aliphatic carbocycles.